The number of carboxylic acids is 1. The number of hydrogen-bond acceptors (Lipinski definition) is 4. The molecule has 1 aromatic heterocycles. The molecule has 1 fully saturated rings. The first kappa shape index (κ1) is 15.6. The third kappa shape index (κ3) is 3.07. The highest BCUT2D eigenvalue weighted by atomic mass is 32.1. The SMILES string of the molecule is COc1cccc([C@@H]2[C@@H](CC(=O)O)C(=O)N2Cc2cccs2)c1. The summed E-state index contributed by atoms with van der Waals surface area (Å²) >= 11 is 1.59. The van der Waals surface area contributed by atoms with Crippen LogP contribution < -0.4 is 4.74 Å². The summed E-state index contributed by atoms with van der Waals surface area (Å²) in [5, 5.41) is 11.0. The van der Waals surface area contributed by atoms with Crippen LogP contribution in [-0.2, 0) is 16.1 Å². The molecule has 1 N–H and O–H groups in total. The van der Waals surface area contributed by atoms with Crippen molar-refractivity contribution < 1.29 is 19.4 Å². The highest BCUT2D eigenvalue weighted by Crippen LogP contribution is 2.44. The van der Waals surface area contributed by atoms with Crippen molar-refractivity contribution in [1.82, 2.24) is 4.90 Å². The van der Waals surface area contributed by atoms with Crippen molar-refractivity contribution in [3.8, 4) is 5.75 Å². The van der Waals surface area contributed by atoms with E-state index in [1.807, 2.05) is 41.8 Å². The molecule has 6 heteroatoms. The van der Waals surface area contributed by atoms with Crippen molar-refractivity contribution in [2.24, 2.45) is 5.92 Å². The molecule has 0 bridgehead atoms. The number of likely N-dealkylation sites (tertiary alicyclic amines) is 1. The molecule has 1 aliphatic heterocycles. The Balaban J connectivity index is 1.88. The highest BCUT2D eigenvalue weighted by molar-refractivity contribution is 7.09. The summed E-state index contributed by atoms with van der Waals surface area (Å²) in [5.74, 6) is -0.868. The number of carbonyl (C=O) groups excluding carboxylic acids is 1. The smallest absolute Gasteiger partial charge is 0.304 e. The van der Waals surface area contributed by atoms with Crippen LogP contribution in [-0.4, -0.2) is 29.0 Å². The van der Waals surface area contributed by atoms with Gasteiger partial charge in [0.2, 0.25) is 5.91 Å². The van der Waals surface area contributed by atoms with Gasteiger partial charge >= 0.3 is 5.97 Å². The van der Waals surface area contributed by atoms with Crippen molar-refractivity contribution in [3.05, 3.63) is 52.2 Å². The van der Waals surface area contributed by atoms with Gasteiger partial charge in [-0.3, -0.25) is 9.59 Å². The fourth-order valence-electron chi connectivity index (χ4n) is 2.99. The van der Waals surface area contributed by atoms with E-state index in [0.29, 0.717) is 12.3 Å². The molecule has 23 heavy (non-hydrogen) atoms. The van der Waals surface area contributed by atoms with Crippen LogP contribution in [0.4, 0.5) is 0 Å². The van der Waals surface area contributed by atoms with Gasteiger partial charge in [0, 0.05) is 4.88 Å². The summed E-state index contributed by atoms with van der Waals surface area (Å²) < 4.78 is 5.24. The maximum Gasteiger partial charge on any atom is 0.304 e. The number of β-lactam (4-membered cyclic amide) rings is 1. The third-order valence-electron chi connectivity index (χ3n) is 4.05. The Morgan fingerprint density at radius 3 is 2.83 bits per heavy atom. The molecule has 1 saturated heterocycles. The number of methoxy groups -OCH3 is 1. The number of carboxylic acid groups (broad SMARTS) is 1. The molecule has 2 aromatic rings. The predicted molar refractivity (Wildman–Crippen MR) is 86.3 cm³/mol. The number of rotatable bonds is 6. The number of hydrogen-bond donors (Lipinski definition) is 1. The topological polar surface area (TPSA) is 66.8 Å². The molecule has 1 aliphatic rings. The standard InChI is InChI=1S/C17H17NO4S/c1-22-12-5-2-4-11(8-12)16-14(9-15(19)20)17(21)18(16)10-13-6-3-7-23-13/h2-8,14,16H,9-10H2,1H3,(H,19,20)/t14-,16-/m1/s1. The van der Waals surface area contributed by atoms with E-state index < -0.39 is 11.9 Å². The lowest BCUT2D eigenvalue weighted by Crippen LogP contribution is -2.54. The lowest BCUT2D eigenvalue weighted by molar-refractivity contribution is -0.163. The number of carbonyl (C=O) groups is 2. The largest absolute Gasteiger partial charge is 0.497 e. The van der Waals surface area contributed by atoms with Crippen molar-refractivity contribution in [1.29, 1.82) is 0 Å². The Morgan fingerprint density at radius 1 is 1.35 bits per heavy atom. The summed E-state index contributed by atoms with van der Waals surface area (Å²) in [6, 6.07) is 11.2. The summed E-state index contributed by atoms with van der Waals surface area (Å²) in [7, 11) is 1.59. The van der Waals surface area contributed by atoms with Gasteiger partial charge in [0.1, 0.15) is 5.75 Å². The molecular weight excluding hydrogens is 314 g/mol. The molecule has 120 valence electrons. The zero-order valence-electron chi connectivity index (χ0n) is 12.6. The van der Waals surface area contributed by atoms with E-state index >= 15 is 0 Å². The molecule has 2 atom stereocenters. The Morgan fingerprint density at radius 2 is 2.17 bits per heavy atom. The Bertz CT molecular complexity index is 713. The molecule has 0 unspecified atom stereocenters. The Hall–Kier alpha value is -2.34. The quantitative estimate of drug-likeness (QED) is 0.827. The van der Waals surface area contributed by atoms with E-state index in [1.54, 1.807) is 23.3 Å². The second-order valence-corrected chi connectivity index (χ2v) is 6.50. The molecule has 3 rings (SSSR count). The van der Waals surface area contributed by atoms with Gasteiger partial charge in [-0.25, -0.2) is 0 Å². The van der Waals surface area contributed by atoms with Gasteiger partial charge in [-0.1, -0.05) is 18.2 Å². The maximum absolute atomic E-state index is 12.4. The van der Waals surface area contributed by atoms with Crippen LogP contribution in [0.15, 0.2) is 41.8 Å². The zero-order valence-corrected chi connectivity index (χ0v) is 13.5. The van der Waals surface area contributed by atoms with E-state index in [0.717, 1.165) is 10.4 Å². The minimum absolute atomic E-state index is 0.103. The van der Waals surface area contributed by atoms with Gasteiger partial charge in [-0.2, -0.15) is 0 Å². The molecule has 1 aromatic carbocycles. The van der Waals surface area contributed by atoms with Gasteiger partial charge < -0.3 is 14.7 Å². The third-order valence-corrected chi connectivity index (χ3v) is 4.91. The van der Waals surface area contributed by atoms with Crippen molar-refractivity contribution in [2.45, 2.75) is 19.0 Å². The van der Waals surface area contributed by atoms with Crippen LogP contribution in [0.5, 0.6) is 5.75 Å². The molecule has 0 aliphatic carbocycles. The van der Waals surface area contributed by atoms with Gasteiger partial charge in [0.25, 0.3) is 0 Å². The Kier molecular flexibility index (Phi) is 4.34. The van der Waals surface area contributed by atoms with Crippen LogP contribution in [0.25, 0.3) is 0 Å². The normalized spacial score (nSPS) is 20.2. The van der Waals surface area contributed by atoms with Crippen molar-refractivity contribution in [2.75, 3.05) is 7.11 Å². The van der Waals surface area contributed by atoms with Crippen LogP contribution >= 0.6 is 11.3 Å². The first-order valence-corrected chi connectivity index (χ1v) is 8.16. The molecule has 0 saturated carbocycles. The van der Waals surface area contributed by atoms with Gasteiger partial charge in [0.15, 0.2) is 0 Å². The monoisotopic (exact) mass is 331 g/mol. The summed E-state index contributed by atoms with van der Waals surface area (Å²) in [5.41, 5.74) is 0.909. The molecule has 0 radical (unpaired) electrons. The second kappa shape index (κ2) is 6.42. The van der Waals surface area contributed by atoms with E-state index in [-0.39, 0.29) is 18.4 Å². The Labute approximate surface area is 138 Å². The van der Waals surface area contributed by atoms with E-state index in [1.165, 1.54) is 0 Å². The van der Waals surface area contributed by atoms with Gasteiger partial charge in [-0.15, -0.1) is 11.3 Å². The number of nitrogens with zero attached hydrogens (tertiary/aromatic N) is 1. The van der Waals surface area contributed by atoms with Crippen molar-refractivity contribution in [3.63, 3.8) is 0 Å². The van der Waals surface area contributed by atoms with E-state index in [9.17, 15) is 9.59 Å². The van der Waals surface area contributed by atoms with Crippen LogP contribution in [0, 0.1) is 5.92 Å². The predicted octanol–water partition coefficient (Wildman–Crippen LogP) is 2.93. The zero-order chi connectivity index (χ0) is 16.4. The average molecular weight is 331 g/mol. The summed E-state index contributed by atoms with van der Waals surface area (Å²) in [6.07, 6.45) is -0.151. The lowest BCUT2D eigenvalue weighted by atomic mass is 9.80. The number of thiophene rings is 1. The number of benzene rings is 1. The number of ether oxygens (including phenoxy) is 1. The first-order chi connectivity index (χ1) is 11.1. The molecule has 5 nitrogen and oxygen atoms in total. The fraction of sp³-hybridized carbons (Fsp3) is 0.294. The average Bonchev–Trinajstić information content (AvgIpc) is 3.06. The summed E-state index contributed by atoms with van der Waals surface area (Å²) in [6.45, 7) is 0.508. The minimum Gasteiger partial charge on any atom is -0.497 e. The van der Waals surface area contributed by atoms with Crippen LogP contribution in [0.1, 0.15) is 22.9 Å². The molecule has 0 spiro atoms. The second-order valence-electron chi connectivity index (χ2n) is 5.47. The summed E-state index contributed by atoms with van der Waals surface area (Å²) in [4.78, 5) is 26.3. The fourth-order valence-corrected chi connectivity index (χ4v) is 3.69. The molecular formula is C17H17NO4S. The lowest BCUT2D eigenvalue weighted by Gasteiger charge is -2.47. The van der Waals surface area contributed by atoms with Crippen molar-refractivity contribution >= 4 is 23.2 Å². The van der Waals surface area contributed by atoms with Gasteiger partial charge in [0.05, 0.1) is 32.0 Å². The molecule has 2 heterocycles. The van der Waals surface area contributed by atoms with E-state index in [4.69, 9.17) is 9.84 Å². The molecule has 1 amide bonds. The van der Waals surface area contributed by atoms with E-state index in [2.05, 4.69) is 0 Å². The van der Waals surface area contributed by atoms with Crippen LogP contribution in [0.2, 0.25) is 0 Å². The first-order valence-electron chi connectivity index (χ1n) is 7.28. The minimum atomic E-state index is -0.952. The number of amides is 1. The maximum atomic E-state index is 12.4. The highest BCUT2D eigenvalue weighted by Gasteiger charge is 2.48. The number of aliphatic carboxylic acids is 1. The van der Waals surface area contributed by atoms with Crippen LogP contribution in [0.3, 0.4) is 0 Å². The van der Waals surface area contributed by atoms with Gasteiger partial charge in [-0.05, 0) is 29.1 Å².